The van der Waals surface area contributed by atoms with Gasteiger partial charge in [-0.2, -0.15) is 13.1 Å². The minimum absolute atomic E-state index is 0.268. The van der Waals surface area contributed by atoms with Crippen molar-refractivity contribution in [2.24, 2.45) is 0 Å². The van der Waals surface area contributed by atoms with E-state index in [1.165, 1.54) is 12.1 Å². The topological polar surface area (TPSA) is 69.7 Å². The second-order valence-electron chi connectivity index (χ2n) is 3.18. The standard InChI is InChI=1S/C9H12FO5PS/c1-3-7-5-4-6-8(10)9(7)17(12,13)15-14-16(2)11/h4-6,16H,3H2,1-2H3. The Bertz CT molecular complexity index is 528. The third kappa shape index (κ3) is 3.61. The Balaban J connectivity index is 3.18. The predicted octanol–water partition coefficient (Wildman–Crippen LogP) is 2.13. The molecule has 0 aromatic heterocycles. The molecule has 1 rings (SSSR count). The fraction of sp³-hybridized carbons (Fsp3) is 0.333. The Kier molecular flexibility index (Phi) is 4.82. The van der Waals surface area contributed by atoms with E-state index in [2.05, 4.69) is 9.01 Å². The van der Waals surface area contributed by atoms with Crippen LogP contribution in [-0.2, 0) is 30.1 Å². The summed E-state index contributed by atoms with van der Waals surface area (Å²) in [7, 11) is -6.98. The summed E-state index contributed by atoms with van der Waals surface area (Å²) in [6, 6.07) is 3.87. The first-order valence-electron chi connectivity index (χ1n) is 4.77. The fourth-order valence-electron chi connectivity index (χ4n) is 1.24. The molecule has 1 unspecified atom stereocenters. The van der Waals surface area contributed by atoms with Crippen molar-refractivity contribution in [1.82, 2.24) is 0 Å². The highest BCUT2D eigenvalue weighted by Crippen LogP contribution is 2.26. The molecule has 1 atom stereocenters. The monoisotopic (exact) mass is 282 g/mol. The summed E-state index contributed by atoms with van der Waals surface area (Å²) < 4.78 is 55.5. The van der Waals surface area contributed by atoms with Crippen LogP contribution in [0.4, 0.5) is 4.39 Å². The van der Waals surface area contributed by atoms with Crippen LogP contribution in [0.1, 0.15) is 12.5 Å². The highest BCUT2D eigenvalue weighted by atomic mass is 32.2. The number of aryl methyl sites for hydroxylation is 1. The summed E-state index contributed by atoms with van der Waals surface area (Å²) in [5.41, 5.74) is 0.268. The molecule has 0 fully saturated rings. The van der Waals surface area contributed by atoms with E-state index in [4.69, 9.17) is 0 Å². The van der Waals surface area contributed by atoms with Crippen molar-refractivity contribution >= 4 is 18.1 Å². The lowest BCUT2D eigenvalue weighted by atomic mass is 10.2. The molecule has 0 saturated heterocycles. The van der Waals surface area contributed by atoms with Gasteiger partial charge < -0.3 is 0 Å². The molecular weight excluding hydrogens is 270 g/mol. The normalized spacial score (nSPS) is 13.6. The molecule has 17 heavy (non-hydrogen) atoms. The van der Waals surface area contributed by atoms with Crippen LogP contribution in [0.5, 0.6) is 0 Å². The van der Waals surface area contributed by atoms with E-state index in [-0.39, 0.29) is 5.56 Å². The van der Waals surface area contributed by atoms with Crippen molar-refractivity contribution in [1.29, 1.82) is 0 Å². The maximum absolute atomic E-state index is 13.5. The molecule has 0 radical (unpaired) electrons. The van der Waals surface area contributed by atoms with Crippen LogP contribution in [0.3, 0.4) is 0 Å². The molecular formula is C9H12FO5PS. The molecule has 0 aliphatic rings. The number of hydrogen-bond donors (Lipinski definition) is 0. The Hall–Kier alpha value is -0.750. The van der Waals surface area contributed by atoms with Gasteiger partial charge >= 0.3 is 10.1 Å². The third-order valence-electron chi connectivity index (χ3n) is 1.92. The molecule has 0 heterocycles. The zero-order valence-corrected chi connectivity index (χ0v) is 11.1. The third-order valence-corrected chi connectivity index (χ3v) is 3.56. The quantitative estimate of drug-likeness (QED) is 0.470. The van der Waals surface area contributed by atoms with Gasteiger partial charge in [-0.15, -0.1) is 0 Å². The number of benzene rings is 1. The van der Waals surface area contributed by atoms with Crippen molar-refractivity contribution < 1.29 is 26.4 Å². The van der Waals surface area contributed by atoms with Gasteiger partial charge in [0.1, 0.15) is 10.7 Å². The van der Waals surface area contributed by atoms with Crippen LogP contribution >= 0.6 is 8.03 Å². The Morgan fingerprint density at radius 3 is 2.59 bits per heavy atom. The summed E-state index contributed by atoms with van der Waals surface area (Å²) in [6.07, 6.45) is 0.316. The van der Waals surface area contributed by atoms with Crippen molar-refractivity contribution in [2.45, 2.75) is 18.2 Å². The van der Waals surface area contributed by atoms with Gasteiger partial charge in [0.05, 0.1) is 0 Å². The molecule has 0 bridgehead atoms. The maximum atomic E-state index is 13.5. The predicted molar refractivity (Wildman–Crippen MR) is 60.1 cm³/mol. The van der Waals surface area contributed by atoms with Crippen molar-refractivity contribution in [3.63, 3.8) is 0 Å². The molecule has 5 nitrogen and oxygen atoms in total. The Morgan fingerprint density at radius 2 is 2.06 bits per heavy atom. The number of hydrogen-bond acceptors (Lipinski definition) is 5. The van der Waals surface area contributed by atoms with Crippen molar-refractivity contribution in [3.05, 3.63) is 29.6 Å². The first-order valence-corrected chi connectivity index (χ1v) is 8.00. The smallest absolute Gasteiger partial charge is 0.294 e. The maximum Gasteiger partial charge on any atom is 0.326 e. The summed E-state index contributed by atoms with van der Waals surface area (Å²) in [4.78, 5) is -0.578. The van der Waals surface area contributed by atoms with Crippen LogP contribution in [-0.4, -0.2) is 15.1 Å². The van der Waals surface area contributed by atoms with Gasteiger partial charge in [-0.05, 0) is 18.1 Å². The average Bonchev–Trinajstić information content (AvgIpc) is 2.25. The van der Waals surface area contributed by atoms with Gasteiger partial charge in [0.15, 0.2) is 0 Å². The van der Waals surface area contributed by atoms with Gasteiger partial charge in [-0.25, -0.2) is 4.39 Å². The van der Waals surface area contributed by atoms with Gasteiger partial charge in [-0.3, -0.25) is 4.57 Å². The molecule has 0 spiro atoms. The first kappa shape index (κ1) is 14.3. The van der Waals surface area contributed by atoms with E-state index in [0.29, 0.717) is 6.42 Å². The van der Waals surface area contributed by atoms with Gasteiger partial charge in [0, 0.05) is 6.66 Å². The van der Waals surface area contributed by atoms with E-state index in [1.807, 2.05) is 0 Å². The molecule has 0 saturated carbocycles. The molecule has 1 aromatic carbocycles. The van der Waals surface area contributed by atoms with Crippen LogP contribution in [0.25, 0.3) is 0 Å². The molecule has 1 aromatic rings. The van der Waals surface area contributed by atoms with E-state index in [9.17, 15) is 17.4 Å². The lowest BCUT2D eigenvalue weighted by Gasteiger charge is -2.08. The van der Waals surface area contributed by atoms with Crippen LogP contribution < -0.4 is 0 Å². The van der Waals surface area contributed by atoms with E-state index in [1.54, 1.807) is 6.92 Å². The van der Waals surface area contributed by atoms with Gasteiger partial charge in [0.25, 0.3) is 0 Å². The van der Waals surface area contributed by atoms with Gasteiger partial charge in [0.2, 0.25) is 8.03 Å². The van der Waals surface area contributed by atoms with E-state index < -0.39 is 28.9 Å². The zero-order chi connectivity index (χ0) is 13.1. The number of halogens is 1. The zero-order valence-electron chi connectivity index (χ0n) is 9.27. The number of rotatable bonds is 5. The first-order chi connectivity index (χ1) is 7.88. The Labute approximate surface area is 99.5 Å². The fourth-order valence-corrected chi connectivity index (χ4v) is 2.89. The Morgan fingerprint density at radius 1 is 1.41 bits per heavy atom. The summed E-state index contributed by atoms with van der Waals surface area (Å²) in [5, 5.41) is 0. The minimum Gasteiger partial charge on any atom is -0.294 e. The minimum atomic E-state index is -4.40. The summed E-state index contributed by atoms with van der Waals surface area (Å²) in [6.45, 7) is 2.83. The highest BCUT2D eigenvalue weighted by Gasteiger charge is 2.25. The molecule has 8 heteroatoms. The largest absolute Gasteiger partial charge is 0.326 e. The second-order valence-corrected chi connectivity index (χ2v) is 5.78. The van der Waals surface area contributed by atoms with E-state index in [0.717, 1.165) is 12.7 Å². The second kappa shape index (κ2) is 5.73. The average molecular weight is 282 g/mol. The highest BCUT2D eigenvalue weighted by molar-refractivity contribution is 7.86. The molecule has 0 N–H and O–H groups in total. The van der Waals surface area contributed by atoms with Crippen LogP contribution in [0.2, 0.25) is 0 Å². The van der Waals surface area contributed by atoms with Crippen LogP contribution in [0.15, 0.2) is 23.1 Å². The lowest BCUT2D eigenvalue weighted by molar-refractivity contribution is -0.0835. The molecule has 0 amide bonds. The molecule has 96 valence electrons. The lowest BCUT2D eigenvalue weighted by Crippen LogP contribution is -2.10. The summed E-state index contributed by atoms with van der Waals surface area (Å²) >= 11 is 0. The van der Waals surface area contributed by atoms with E-state index >= 15 is 0 Å². The molecule has 0 aliphatic carbocycles. The van der Waals surface area contributed by atoms with Gasteiger partial charge in [-0.1, -0.05) is 23.4 Å². The SMILES string of the molecule is CCc1cccc(F)c1S(=O)(=O)OO[PH](C)=O. The van der Waals surface area contributed by atoms with Crippen LogP contribution in [0, 0.1) is 5.82 Å². The molecule has 0 aliphatic heterocycles. The van der Waals surface area contributed by atoms with Crippen molar-refractivity contribution in [3.8, 4) is 0 Å². The summed E-state index contributed by atoms with van der Waals surface area (Å²) in [5.74, 6) is -0.927. The van der Waals surface area contributed by atoms with Crippen molar-refractivity contribution in [2.75, 3.05) is 6.66 Å².